The molecule has 1 aromatic carbocycles. The molecule has 0 radical (unpaired) electrons. The van der Waals surface area contributed by atoms with E-state index < -0.39 is 9.84 Å². The largest absolute Gasteiger partial charge is 0.399 e. The fourth-order valence-corrected chi connectivity index (χ4v) is 1.71. The highest BCUT2D eigenvalue weighted by molar-refractivity contribution is 7.90. The van der Waals surface area contributed by atoms with Gasteiger partial charge in [0.15, 0.2) is 0 Å². The molecule has 0 atom stereocenters. The van der Waals surface area contributed by atoms with Crippen LogP contribution < -0.4 is 11.1 Å². The Morgan fingerprint density at radius 3 is 2.73 bits per heavy atom. The fourth-order valence-electron chi connectivity index (χ4n) is 1.19. The molecule has 3 N–H and O–H groups in total. The summed E-state index contributed by atoms with van der Waals surface area (Å²) in [7, 11) is -2.87. The first kappa shape index (κ1) is 12.0. The van der Waals surface area contributed by atoms with Crippen LogP contribution in [0, 0.1) is 0 Å². The van der Waals surface area contributed by atoms with E-state index in [-0.39, 0.29) is 5.75 Å². The zero-order valence-corrected chi connectivity index (χ0v) is 9.55. The van der Waals surface area contributed by atoms with Crippen LogP contribution in [-0.2, 0) is 16.4 Å². The average molecular weight is 228 g/mol. The Bertz CT molecular complexity index is 415. The van der Waals surface area contributed by atoms with Crippen molar-refractivity contribution in [1.82, 2.24) is 5.32 Å². The number of nitrogens with one attached hydrogen (secondary N) is 1. The van der Waals surface area contributed by atoms with Gasteiger partial charge in [0.05, 0.1) is 5.75 Å². The van der Waals surface area contributed by atoms with Crippen molar-refractivity contribution in [2.45, 2.75) is 6.54 Å². The summed E-state index contributed by atoms with van der Waals surface area (Å²) >= 11 is 0. The Morgan fingerprint density at radius 1 is 1.40 bits per heavy atom. The first-order valence-electron chi connectivity index (χ1n) is 4.70. The minimum Gasteiger partial charge on any atom is -0.399 e. The molecule has 0 fully saturated rings. The highest BCUT2D eigenvalue weighted by Crippen LogP contribution is 2.05. The number of nitrogen functional groups attached to an aromatic ring is 1. The van der Waals surface area contributed by atoms with Crippen molar-refractivity contribution < 1.29 is 8.42 Å². The molecule has 0 amide bonds. The average Bonchev–Trinajstić information content (AvgIpc) is 2.11. The van der Waals surface area contributed by atoms with Crippen molar-refractivity contribution >= 4 is 15.5 Å². The molecule has 0 aliphatic rings. The Hall–Kier alpha value is -1.07. The molecule has 0 saturated carbocycles. The molecule has 0 aliphatic heterocycles. The third-order valence-electron chi connectivity index (χ3n) is 1.93. The van der Waals surface area contributed by atoms with Crippen LogP contribution in [0.15, 0.2) is 24.3 Å². The molecule has 0 heterocycles. The van der Waals surface area contributed by atoms with Crippen LogP contribution in [0.5, 0.6) is 0 Å². The Morgan fingerprint density at radius 2 is 2.13 bits per heavy atom. The van der Waals surface area contributed by atoms with Gasteiger partial charge in [0.2, 0.25) is 0 Å². The zero-order chi connectivity index (χ0) is 11.3. The van der Waals surface area contributed by atoms with Gasteiger partial charge in [0, 0.05) is 25.0 Å². The number of rotatable bonds is 5. The monoisotopic (exact) mass is 228 g/mol. The quantitative estimate of drug-likeness (QED) is 0.565. The molecular formula is C10H16N2O2S. The van der Waals surface area contributed by atoms with Crippen molar-refractivity contribution in [3.63, 3.8) is 0 Å². The summed E-state index contributed by atoms with van der Waals surface area (Å²) in [5.74, 6) is 0.162. The van der Waals surface area contributed by atoms with Gasteiger partial charge in [-0.2, -0.15) is 0 Å². The lowest BCUT2D eigenvalue weighted by Crippen LogP contribution is -2.21. The van der Waals surface area contributed by atoms with Crippen molar-refractivity contribution in [2.75, 3.05) is 24.3 Å². The Labute approximate surface area is 90.4 Å². The summed E-state index contributed by atoms with van der Waals surface area (Å²) in [6, 6.07) is 7.51. The summed E-state index contributed by atoms with van der Waals surface area (Å²) in [5, 5.41) is 3.05. The number of anilines is 1. The van der Waals surface area contributed by atoms with E-state index in [0.717, 1.165) is 11.3 Å². The lowest BCUT2D eigenvalue weighted by molar-refractivity contribution is 0.596. The van der Waals surface area contributed by atoms with E-state index in [4.69, 9.17) is 5.73 Å². The molecule has 15 heavy (non-hydrogen) atoms. The van der Waals surface area contributed by atoms with E-state index in [0.29, 0.717) is 13.1 Å². The SMILES string of the molecule is CS(=O)(=O)CCNCc1cccc(N)c1. The minimum atomic E-state index is -2.87. The Balaban J connectivity index is 2.32. The van der Waals surface area contributed by atoms with Crippen molar-refractivity contribution in [3.8, 4) is 0 Å². The maximum absolute atomic E-state index is 10.8. The van der Waals surface area contributed by atoms with Crippen LogP contribution in [0.4, 0.5) is 5.69 Å². The van der Waals surface area contributed by atoms with Gasteiger partial charge in [-0.25, -0.2) is 8.42 Å². The van der Waals surface area contributed by atoms with Gasteiger partial charge >= 0.3 is 0 Å². The molecule has 0 aliphatic carbocycles. The van der Waals surface area contributed by atoms with E-state index in [1.807, 2.05) is 24.3 Å². The Kier molecular flexibility index (Phi) is 4.11. The van der Waals surface area contributed by atoms with Crippen LogP contribution >= 0.6 is 0 Å². The molecule has 5 heteroatoms. The normalized spacial score (nSPS) is 11.5. The summed E-state index contributed by atoms with van der Waals surface area (Å²) in [4.78, 5) is 0. The number of benzene rings is 1. The lowest BCUT2D eigenvalue weighted by Gasteiger charge is -2.04. The molecule has 84 valence electrons. The van der Waals surface area contributed by atoms with Gasteiger partial charge in [0.25, 0.3) is 0 Å². The third-order valence-corrected chi connectivity index (χ3v) is 2.88. The van der Waals surface area contributed by atoms with E-state index in [1.54, 1.807) is 0 Å². The number of hydrogen-bond donors (Lipinski definition) is 2. The second-order valence-corrected chi connectivity index (χ2v) is 5.81. The predicted octanol–water partition coefficient (Wildman–Crippen LogP) is 0.403. The van der Waals surface area contributed by atoms with Crippen molar-refractivity contribution in [3.05, 3.63) is 29.8 Å². The molecule has 0 unspecified atom stereocenters. The van der Waals surface area contributed by atoms with Gasteiger partial charge in [-0.05, 0) is 17.7 Å². The fraction of sp³-hybridized carbons (Fsp3) is 0.400. The van der Waals surface area contributed by atoms with Crippen LogP contribution in [0.3, 0.4) is 0 Å². The van der Waals surface area contributed by atoms with Crippen LogP contribution in [0.1, 0.15) is 5.56 Å². The maximum Gasteiger partial charge on any atom is 0.148 e. The predicted molar refractivity (Wildman–Crippen MR) is 62.3 cm³/mol. The molecule has 0 bridgehead atoms. The first-order chi connectivity index (χ1) is 6.97. The molecule has 4 nitrogen and oxygen atoms in total. The van der Waals surface area contributed by atoms with E-state index in [9.17, 15) is 8.42 Å². The standard InChI is InChI=1S/C10H16N2O2S/c1-15(13,14)6-5-12-8-9-3-2-4-10(11)7-9/h2-4,7,12H,5-6,8,11H2,1H3. The van der Waals surface area contributed by atoms with Crippen molar-refractivity contribution in [1.29, 1.82) is 0 Å². The number of sulfone groups is 1. The second kappa shape index (κ2) is 5.14. The van der Waals surface area contributed by atoms with Crippen LogP contribution in [0.2, 0.25) is 0 Å². The molecule has 0 saturated heterocycles. The second-order valence-electron chi connectivity index (χ2n) is 3.55. The first-order valence-corrected chi connectivity index (χ1v) is 6.76. The van der Waals surface area contributed by atoms with Gasteiger partial charge < -0.3 is 11.1 Å². The third kappa shape index (κ3) is 5.39. The summed E-state index contributed by atoms with van der Waals surface area (Å²) in [6.45, 7) is 1.11. The van der Waals surface area contributed by atoms with Crippen LogP contribution in [-0.4, -0.2) is 27.0 Å². The minimum absolute atomic E-state index is 0.162. The summed E-state index contributed by atoms with van der Waals surface area (Å²) < 4.78 is 21.7. The highest BCUT2D eigenvalue weighted by Gasteiger charge is 2.00. The molecule has 1 rings (SSSR count). The summed E-state index contributed by atoms with van der Waals surface area (Å²) in [6.07, 6.45) is 1.23. The highest BCUT2D eigenvalue weighted by atomic mass is 32.2. The molecule has 0 spiro atoms. The van der Waals surface area contributed by atoms with E-state index >= 15 is 0 Å². The number of nitrogens with two attached hydrogens (primary N) is 1. The smallest absolute Gasteiger partial charge is 0.148 e. The number of hydrogen-bond acceptors (Lipinski definition) is 4. The summed E-state index contributed by atoms with van der Waals surface area (Å²) in [5.41, 5.74) is 7.39. The van der Waals surface area contributed by atoms with Gasteiger partial charge in [0.1, 0.15) is 9.84 Å². The molecular weight excluding hydrogens is 212 g/mol. The van der Waals surface area contributed by atoms with Crippen LogP contribution in [0.25, 0.3) is 0 Å². The van der Waals surface area contributed by atoms with E-state index in [2.05, 4.69) is 5.32 Å². The molecule has 0 aromatic heterocycles. The van der Waals surface area contributed by atoms with E-state index in [1.165, 1.54) is 6.26 Å². The van der Waals surface area contributed by atoms with Gasteiger partial charge in [-0.15, -0.1) is 0 Å². The maximum atomic E-state index is 10.8. The lowest BCUT2D eigenvalue weighted by atomic mass is 10.2. The van der Waals surface area contributed by atoms with Crippen molar-refractivity contribution in [2.24, 2.45) is 0 Å². The topological polar surface area (TPSA) is 72.2 Å². The van der Waals surface area contributed by atoms with Gasteiger partial charge in [-0.1, -0.05) is 12.1 Å². The molecule has 1 aromatic rings. The zero-order valence-electron chi connectivity index (χ0n) is 8.73. The van der Waals surface area contributed by atoms with Gasteiger partial charge in [-0.3, -0.25) is 0 Å².